The summed E-state index contributed by atoms with van der Waals surface area (Å²) < 4.78 is 0. The fourth-order valence-corrected chi connectivity index (χ4v) is 2.79. The Morgan fingerprint density at radius 3 is 1.75 bits per heavy atom. The first-order chi connectivity index (χ1) is 8.67. The molecule has 0 aromatic rings. The molecule has 3 nitrogen and oxygen atoms in total. The van der Waals surface area contributed by atoms with Crippen LogP contribution in [0.1, 0.15) is 75.2 Å². The molecule has 0 aliphatic heterocycles. The summed E-state index contributed by atoms with van der Waals surface area (Å²) >= 11 is 0. The topological polar surface area (TPSA) is 46.2 Å². The molecule has 0 aliphatic rings. The predicted octanol–water partition coefficient (Wildman–Crippen LogP) is 3.96. The molecule has 0 heterocycles. The van der Waals surface area contributed by atoms with Crippen molar-refractivity contribution in [2.45, 2.75) is 81.2 Å². The number of Topliss-reactive ketones (excluding diaryl/α,β-unsaturated/α-hetero) is 1. The smallest absolute Gasteiger partial charge is 0.225 e. The van der Waals surface area contributed by atoms with Crippen molar-refractivity contribution < 1.29 is 9.59 Å². The SMILES string of the molecule is CC(=O)C(C)(C)CC(C)NC(=O)C(C)(C)CC(C)(C)C. The first-order valence-electron chi connectivity index (χ1n) is 7.49. The van der Waals surface area contributed by atoms with Crippen molar-refractivity contribution in [3.05, 3.63) is 0 Å². The maximum Gasteiger partial charge on any atom is 0.225 e. The van der Waals surface area contributed by atoms with Crippen molar-refractivity contribution in [2.75, 3.05) is 0 Å². The highest BCUT2D eigenvalue weighted by atomic mass is 16.2. The van der Waals surface area contributed by atoms with Gasteiger partial charge in [-0.2, -0.15) is 0 Å². The molecule has 0 aliphatic carbocycles. The first-order valence-corrected chi connectivity index (χ1v) is 7.49. The van der Waals surface area contributed by atoms with Crippen LogP contribution in [0.25, 0.3) is 0 Å². The predicted molar refractivity (Wildman–Crippen MR) is 84.5 cm³/mol. The number of ketones is 1. The van der Waals surface area contributed by atoms with E-state index in [1.807, 2.05) is 34.6 Å². The first kappa shape index (κ1) is 19.1. The maximum atomic E-state index is 12.4. The molecule has 0 aromatic carbocycles. The Balaban J connectivity index is 4.65. The Morgan fingerprint density at radius 2 is 1.40 bits per heavy atom. The van der Waals surface area contributed by atoms with Crippen LogP contribution in [-0.2, 0) is 9.59 Å². The number of carbonyl (C=O) groups is 2. The highest BCUT2D eigenvalue weighted by Crippen LogP contribution is 2.33. The van der Waals surface area contributed by atoms with E-state index in [1.165, 1.54) is 0 Å². The van der Waals surface area contributed by atoms with Crippen LogP contribution in [0, 0.1) is 16.2 Å². The molecule has 0 bridgehead atoms. The molecule has 1 N–H and O–H groups in total. The summed E-state index contributed by atoms with van der Waals surface area (Å²) in [4.78, 5) is 24.0. The number of nitrogens with one attached hydrogen (secondary N) is 1. The van der Waals surface area contributed by atoms with Crippen LogP contribution in [0.15, 0.2) is 0 Å². The molecule has 0 spiro atoms. The van der Waals surface area contributed by atoms with E-state index in [0.717, 1.165) is 6.42 Å². The van der Waals surface area contributed by atoms with Crippen molar-refractivity contribution in [3.63, 3.8) is 0 Å². The Kier molecular flexibility index (Phi) is 6.01. The summed E-state index contributed by atoms with van der Waals surface area (Å²) in [5.41, 5.74) is -0.670. The molecule has 1 amide bonds. The fourth-order valence-electron chi connectivity index (χ4n) is 2.79. The number of hydrogen-bond donors (Lipinski definition) is 1. The van der Waals surface area contributed by atoms with E-state index in [4.69, 9.17) is 0 Å². The molecule has 0 saturated carbocycles. The second-order valence-corrected chi connectivity index (χ2v) is 8.64. The zero-order chi connectivity index (χ0) is 16.4. The summed E-state index contributed by atoms with van der Waals surface area (Å²) in [7, 11) is 0. The van der Waals surface area contributed by atoms with Gasteiger partial charge in [0.05, 0.1) is 0 Å². The molecule has 1 atom stereocenters. The Morgan fingerprint density at radius 1 is 0.950 bits per heavy atom. The average Bonchev–Trinajstić information content (AvgIpc) is 2.11. The van der Waals surface area contributed by atoms with Crippen molar-refractivity contribution in [1.82, 2.24) is 5.32 Å². The molecule has 0 radical (unpaired) electrons. The van der Waals surface area contributed by atoms with Gasteiger partial charge in [-0.3, -0.25) is 9.59 Å². The summed E-state index contributed by atoms with van der Waals surface area (Å²) in [5, 5.41) is 3.06. The summed E-state index contributed by atoms with van der Waals surface area (Å²) in [5.74, 6) is 0.229. The monoisotopic (exact) mass is 283 g/mol. The van der Waals surface area contributed by atoms with Gasteiger partial charge in [-0.05, 0) is 32.1 Å². The highest BCUT2D eigenvalue weighted by molar-refractivity contribution is 5.83. The minimum absolute atomic E-state index is 0.000596. The molecule has 3 heteroatoms. The lowest BCUT2D eigenvalue weighted by atomic mass is 9.75. The third kappa shape index (κ3) is 6.53. The van der Waals surface area contributed by atoms with Gasteiger partial charge in [-0.25, -0.2) is 0 Å². The normalized spacial score (nSPS) is 14.8. The van der Waals surface area contributed by atoms with E-state index in [0.29, 0.717) is 6.42 Å². The van der Waals surface area contributed by atoms with Crippen LogP contribution in [0.3, 0.4) is 0 Å². The van der Waals surface area contributed by atoms with Crippen molar-refractivity contribution >= 4 is 11.7 Å². The van der Waals surface area contributed by atoms with Crippen LogP contribution in [0.2, 0.25) is 0 Å². The van der Waals surface area contributed by atoms with Gasteiger partial charge in [0.15, 0.2) is 0 Å². The zero-order valence-corrected chi connectivity index (χ0v) is 14.8. The van der Waals surface area contributed by atoms with E-state index in [2.05, 4.69) is 26.1 Å². The summed E-state index contributed by atoms with van der Waals surface area (Å²) in [6.07, 6.45) is 1.49. The number of hydrogen-bond acceptors (Lipinski definition) is 2. The van der Waals surface area contributed by atoms with E-state index >= 15 is 0 Å². The van der Waals surface area contributed by atoms with Crippen LogP contribution < -0.4 is 5.32 Å². The summed E-state index contributed by atoms with van der Waals surface area (Å²) in [6, 6.07) is 0.000596. The second kappa shape index (κ2) is 6.28. The van der Waals surface area contributed by atoms with Crippen LogP contribution in [-0.4, -0.2) is 17.7 Å². The molecule has 118 valence electrons. The minimum Gasteiger partial charge on any atom is -0.353 e. The quantitative estimate of drug-likeness (QED) is 0.802. The van der Waals surface area contributed by atoms with Gasteiger partial charge in [0, 0.05) is 16.9 Å². The van der Waals surface area contributed by atoms with E-state index in [9.17, 15) is 9.59 Å². The number of amides is 1. The lowest BCUT2D eigenvalue weighted by Crippen LogP contribution is -2.45. The molecule has 0 aromatic heterocycles. The lowest BCUT2D eigenvalue weighted by Gasteiger charge is -2.33. The zero-order valence-electron chi connectivity index (χ0n) is 14.8. The van der Waals surface area contributed by atoms with Gasteiger partial charge in [0.2, 0.25) is 5.91 Å². The van der Waals surface area contributed by atoms with E-state index < -0.39 is 5.41 Å². The van der Waals surface area contributed by atoms with Gasteiger partial charge in [-0.15, -0.1) is 0 Å². The molecule has 0 saturated heterocycles. The van der Waals surface area contributed by atoms with E-state index in [-0.39, 0.29) is 28.6 Å². The van der Waals surface area contributed by atoms with Crippen molar-refractivity contribution in [3.8, 4) is 0 Å². The van der Waals surface area contributed by atoms with E-state index in [1.54, 1.807) is 6.92 Å². The van der Waals surface area contributed by atoms with Crippen LogP contribution >= 0.6 is 0 Å². The fraction of sp³-hybridized carbons (Fsp3) is 0.882. The molecule has 1 unspecified atom stereocenters. The molecule has 20 heavy (non-hydrogen) atoms. The minimum atomic E-state index is -0.396. The summed E-state index contributed by atoms with van der Waals surface area (Å²) in [6.45, 7) is 17.8. The lowest BCUT2D eigenvalue weighted by molar-refractivity contribution is -0.132. The third-order valence-electron chi connectivity index (χ3n) is 3.73. The van der Waals surface area contributed by atoms with Gasteiger partial charge < -0.3 is 5.32 Å². The largest absolute Gasteiger partial charge is 0.353 e. The second-order valence-electron chi connectivity index (χ2n) is 8.64. The van der Waals surface area contributed by atoms with Gasteiger partial charge >= 0.3 is 0 Å². The highest BCUT2D eigenvalue weighted by Gasteiger charge is 2.34. The Labute approximate surface area is 124 Å². The standard InChI is InChI=1S/C17H33NO2/c1-12(10-16(6,7)13(2)19)18-14(20)17(8,9)11-15(3,4)5/h12H,10-11H2,1-9H3,(H,18,20). The van der Waals surface area contributed by atoms with Gasteiger partial charge in [0.25, 0.3) is 0 Å². The molecular weight excluding hydrogens is 250 g/mol. The van der Waals surface area contributed by atoms with Gasteiger partial charge in [-0.1, -0.05) is 48.5 Å². The van der Waals surface area contributed by atoms with Crippen molar-refractivity contribution in [2.24, 2.45) is 16.2 Å². The van der Waals surface area contributed by atoms with Gasteiger partial charge in [0.1, 0.15) is 5.78 Å². The molecular formula is C17H33NO2. The Bertz CT molecular complexity index is 362. The average molecular weight is 283 g/mol. The number of rotatable bonds is 6. The van der Waals surface area contributed by atoms with Crippen molar-refractivity contribution in [1.29, 1.82) is 0 Å². The molecule has 0 fully saturated rings. The van der Waals surface area contributed by atoms with Crippen LogP contribution in [0.4, 0.5) is 0 Å². The maximum absolute atomic E-state index is 12.4. The Hall–Kier alpha value is -0.860. The third-order valence-corrected chi connectivity index (χ3v) is 3.73. The number of carbonyl (C=O) groups excluding carboxylic acids is 2. The molecule has 0 rings (SSSR count). The van der Waals surface area contributed by atoms with Crippen LogP contribution in [0.5, 0.6) is 0 Å².